The number of benzene rings is 1. The molecule has 1 aromatic carbocycles. The summed E-state index contributed by atoms with van der Waals surface area (Å²) in [6.45, 7) is 4.25. The Balaban J connectivity index is 2.08. The SMILES string of the molecule is CCC(C)Nc1cc(Nc2ccc(N)cc2)ncn1. The van der Waals surface area contributed by atoms with Gasteiger partial charge in [0.15, 0.2) is 0 Å². The standard InChI is InChI=1S/C14H19N5/c1-3-10(2)18-13-8-14(17-9-16-13)19-12-6-4-11(15)5-7-12/h4-10H,3,15H2,1-2H3,(H2,16,17,18,19). The van der Waals surface area contributed by atoms with Crippen molar-refractivity contribution in [2.24, 2.45) is 0 Å². The Morgan fingerprint density at radius 2 is 1.84 bits per heavy atom. The van der Waals surface area contributed by atoms with Gasteiger partial charge < -0.3 is 16.4 Å². The molecule has 2 rings (SSSR count). The van der Waals surface area contributed by atoms with Gasteiger partial charge in [0.2, 0.25) is 0 Å². The monoisotopic (exact) mass is 257 g/mol. The molecule has 5 heteroatoms. The van der Waals surface area contributed by atoms with E-state index in [0.717, 1.165) is 29.4 Å². The maximum Gasteiger partial charge on any atom is 0.135 e. The van der Waals surface area contributed by atoms with Gasteiger partial charge in [-0.3, -0.25) is 0 Å². The summed E-state index contributed by atoms with van der Waals surface area (Å²) >= 11 is 0. The zero-order valence-electron chi connectivity index (χ0n) is 11.2. The van der Waals surface area contributed by atoms with Crippen molar-refractivity contribution >= 4 is 23.0 Å². The summed E-state index contributed by atoms with van der Waals surface area (Å²) < 4.78 is 0. The molecule has 0 saturated heterocycles. The molecule has 0 bridgehead atoms. The Bertz CT molecular complexity index is 524. The third-order valence-electron chi connectivity index (χ3n) is 2.86. The predicted molar refractivity (Wildman–Crippen MR) is 79.5 cm³/mol. The van der Waals surface area contributed by atoms with E-state index >= 15 is 0 Å². The quantitative estimate of drug-likeness (QED) is 0.718. The Morgan fingerprint density at radius 3 is 2.53 bits per heavy atom. The molecule has 0 spiro atoms. The summed E-state index contributed by atoms with van der Waals surface area (Å²) in [6, 6.07) is 9.81. The van der Waals surface area contributed by atoms with Crippen molar-refractivity contribution in [1.29, 1.82) is 0 Å². The van der Waals surface area contributed by atoms with Gasteiger partial charge in [-0.15, -0.1) is 0 Å². The average Bonchev–Trinajstić information content (AvgIpc) is 2.42. The van der Waals surface area contributed by atoms with E-state index in [1.165, 1.54) is 0 Å². The van der Waals surface area contributed by atoms with Crippen molar-refractivity contribution in [2.45, 2.75) is 26.3 Å². The molecule has 0 aliphatic rings. The van der Waals surface area contributed by atoms with E-state index in [9.17, 15) is 0 Å². The summed E-state index contributed by atoms with van der Waals surface area (Å²) in [6.07, 6.45) is 2.59. The summed E-state index contributed by atoms with van der Waals surface area (Å²) in [4.78, 5) is 8.40. The molecule has 4 N–H and O–H groups in total. The first-order valence-electron chi connectivity index (χ1n) is 6.38. The van der Waals surface area contributed by atoms with E-state index < -0.39 is 0 Å². The molecule has 1 aromatic heterocycles. The van der Waals surface area contributed by atoms with Crippen molar-refractivity contribution in [1.82, 2.24) is 9.97 Å². The van der Waals surface area contributed by atoms with Crippen LogP contribution in [0.5, 0.6) is 0 Å². The summed E-state index contributed by atoms with van der Waals surface area (Å²) in [5.41, 5.74) is 7.34. The predicted octanol–water partition coefficient (Wildman–Crippen LogP) is 3.01. The van der Waals surface area contributed by atoms with Crippen LogP contribution in [0.1, 0.15) is 20.3 Å². The summed E-state index contributed by atoms with van der Waals surface area (Å²) in [7, 11) is 0. The van der Waals surface area contributed by atoms with Crippen LogP contribution in [-0.2, 0) is 0 Å². The second-order valence-electron chi connectivity index (χ2n) is 4.49. The zero-order chi connectivity index (χ0) is 13.7. The lowest BCUT2D eigenvalue weighted by atomic mass is 10.2. The lowest BCUT2D eigenvalue weighted by Gasteiger charge is -2.13. The first-order chi connectivity index (χ1) is 9.17. The molecule has 0 fully saturated rings. The molecule has 1 atom stereocenters. The number of aromatic nitrogens is 2. The third kappa shape index (κ3) is 3.84. The Morgan fingerprint density at radius 1 is 1.16 bits per heavy atom. The minimum Gasteiger partial charge on any atom is -0.399 e. The Labute approximate surface area is 113 Å². The smallest absolute Gasteiger partial charge is 0.135 e. The molecule has 1 heterocycles. The molecule has 5 nitrogen and oxygen atoms in total. The summed E-state index contributed by atoms with van der Waals surface area (Å²) in [5.74, 6) is 1.58. The highest BCUT2D eigenvalue weighted by atomic mass is 15.1. The van der Waals surface area contributed by atoms with Gasteiger partial charge in [-0.2, -0.15) is 0 Å². The van der Waals surface area contributed by atoms with E-state index in [1.807, 2.05) is 30.3 Å². The molecular weight excluding hydrogens is 238 g/mol. The molecule has 0 aliphatic carbocycles. The normalized spacial score (nSPS) is 11.9. The van der Waals surface area contributed by atoms with Crippen LogP contribution in [0.4, 0.5) is 23.0 Å². The fraction of sp³-hybridized carbons (Fsp3) is 0.286. The highest BCUT2D eigenvalue weighted by Crippen LogP contribution is 2.17. The van der Waals surface area contributed by atoms with Gasteiger partial charge in [0.25, 0.3) is 0 Å². The molecular formula is C14H19N5. The maximum absolute atomic E-state index is 5.65. The average molecular weight is 257 g/mol. The molecule has 2 aromatic rings. The van der Waals surface area contributed by atoms with Crippen LogP contribution in [0, 0.1) is 0 Å². The maximum atomic E-state index is 5.65. The van der Waals surface area contributed by atoms with Crippen LogP contribution in [0.3, 0.4) is 0 Å². The number of anilines is 4. The van der Waals surface area contributed by atoms with Gasteiger partial charge in [0.05, 0.1) is 0 Å². The van der Waals surface area contributed by atoms with Crippen molar-refractivity contribution in [3.05, 3.63) is 36.7 Å². The number of nitrogens with one attached hydrogen (secondary N) is 2. The van der Waals surface area contributed by atoms with Crippen LogP contribution in [0.2, 0.25) is 0 Å². The van der Waals surface area contributed by atoms with E-state index in [1.54, 1.807) is 6.33 Å². The largest absolute Gasteiger partial charge is 0.399 e. The highest BCUT2D eigenvalue weighted by Gasteiger charge is 2.02. The van der Waals surface area contributed by atoms with Gasteiger partial charge in [-0.1, -0.05) is 6.92 Å². The van der Waals surface area contributed by atoms with Gasteiger partial charge >= 0.3 is 0 Å². The molecule has 100 valence electrons. The van der Waals surface area contributed by atoms with Gasteiger partial charge in [-0.05, 0) is 37.6 Å². The lowest BCUT2D eigenvalue weighted by molar-refractivity contribution is 0.758. The van der Waals surface area contributed by atoms with Gasteiger partial charge in [-0.25, -0.2) is 9.97 Å². The number of nitrogens with two attached hydrogens (primary N) is 1. The molecule has 0 saturated carbocycles. The summed E-state index contributed by atoms with van der Waals surface area (Å²) in [5, 5.41) is 6.53. The lowest BCUT2D eigenvalue weighted by Crippen LogP contribution is -2.14. The topological polar surface area (TPSA) is 75.9 Å². The molecule has 0 radical (unpaired) electrons. The second kappa shape index (κ2) is 6.04. The van der Waals surface area contributed by atoms with E-state index in [-0.39, 0.29) is 0 Å². The van der Waals surface area contributed by atoms with E-state index in [4.69, 9.17) is 5.73 Å². The van der Waals surface area contributed by atoms with Crippen LogP contribution in [0.15, 0.2) is 36.7 Å². The van der Waals surface area contributed by atoms with Gasteiger partial charge in [0.1, 0.15) is 18.0 Å². The number of hydrogen-bond donors (Lipinski definition) is 3. The van der Waals surface area contributed by atoms with Crippen molar-refractivity contribution in [3.63, 3.8) is 0 Å². The first-order valence-corrected chi connectivity index (χ1v) is 6.38. The van der Waals surface area contributed by atoms with Gasteiger partial charge in [0, 0.05) is 23.5 Å². The van der Waals surface area contributed by atoms with E-state index in [0.29, 0.717) is 6.04 Å². The van der Waals surface area contributed by atoms with Crippen molar-refractivity contribution < 1.29 is 0 Å². The molecule has 0 aliphatic heterocycles. The number of nitrogens with zero attached hydrogens (tertiary/aromatic N) is 2. The number of hydrogen-bond acceptors (Lipinski definition) is 5. The van der Waals surface area contributed by atoms with Crippen molar-refractivity contribution in [2.75, 3.05) is 16.4 Å². The Kier molecular flexibility index (Phi) is 4.18. The molecule has 1 unspecified atom stereocenters. The van der Waals surface area contributed by atoms with Crippen LogP contribution in [0.25, 0.3) is 0 Å². The fourth-order valence-corrected chi connectivity index (χ4v) is 1.57. The van der Waals surface area contributed by atoms with E-state index in [2.05, 4.69) is 34.4 Å². The third-order valence-corrected chi connectivity index (χ3v) is 2.86. The van der Waals surface area contributed by atoms with Crippen LogP contribution < -0.4 is 16.4 Å². The highest BCUT2D eigenvalue weighted by molar-refractivity contribution is 5.61. The Hall–Kier alpha value is -2.30. The molecule has 0 amide bonds. The molecule has 19 heavy (non-hydrogen) atoms. The second-order valence-corrected chi connectivity index (χ2v) is 4.49. The minimum absolute atomic E-state index is 0.388. The number of rotatable bonds is 5. The van der Waals surface area contributed by atoms with Crippen LogP contribution >= 0.6 is 0 Å². The van der Waals surface area contributed by atoms with Crippen molar-refractivity contribution in [3.8, 4) is 0 Å². The fourth-order valence-electron chi connectivity index (χ4n) is 1.57. The minimum atomic E-state index is 0.388. The first kappa shape index (κ1) is 13.1. The van der Waals surface area contributed by atoms with Crippen LogP contribution in [-0.4, -0.2) is 16.0 Å². The zero-order valence-corrected chi connectivity index (χ0v) is 11.2. The number of nitrogen functional groups attached to an aromatic ring is 1.